The topological polar surface area (TPSA) is 12.2 Å². The normalized spacial score (nSPS) is 47.5. The predicted octanol–water partition coefficient (Wildman–Crippen LogP) is 1.57. The Kier molecular flexibility index (Phi) is 1.59. The molecule has 1 aliphatic heterocycles. The van der Waals surface area contributed by atoms with Gasteiger partial charge in [-0.1, -0.05) is 0 Å². The molecule has 4 atom stereocenters. The minimum absolute atomic E-state index is 0.435. The zero-order valence-electron chi connectivity index (χ0n) is 8.42. The van der Waals surface area contributed by atoms with Gasteiger partial charge in [0.25, 0.3) is 0 Å². The summed E-state index contributed by atoms with van der Waals surface area (Å²) in [5.41, 5.74) is 3.38. The molecule has 0 aromatic rings. The van der Waals surface area contributed by atoms with Crippen LogP contribution < -0.4 is 0 Å². The Balaban J connectivity index is 1.94. The van der Waals surface area contributed by atoms with Crippen molar-refractivity contribution in [2.75, 3.05) is 14.2 Å². The maximum Gasteiger partial charge on any atom is 0.0958 e. The molecule has 3 rings (SSSR count). The van der Waals surface area contributed by atoms with E-state index < -0.39 is 0 Å². The van der Waals surface area contributed by atoms with Crippen LogP contribution in [0.15, 0.2) is 11.1 Å². The van der Waals surface area contributed by atoms with Crippen molar-refractivity contribution in [2.24, 2.45) is 0 Å². The standard InChI is InChI=1S/C11H17NO/c1-12-9-7-5-3-4-6-8(7)11(13-2)10(9)12/h9-11H,3-6H2,1-2H3/t9-,10-,11-,12?/m0/s1. The van der Waals surface area contributed by atoms with Crippen LogP contribution in [0.4, 0.5) is 0 Å². The Hall–Kier alpha value is -0.340. The largest absolute Gasteiger partial charge is 0.375 e. The first-order valence-corrected chi connectivity index (χ1v) is 5.31. The molecule has 2 aliphatic carbocycles. The molecule has 72 valence electrons. The Labute approximate surface area is 79.6 Å². The van der Waals surface area contributed by atoms with Crippen LogP contribution in [-0.4, -0.2) is 37.2 Å². The first-order chi connectivity index (χ1) is 6.34. The van der Waals surface area contributed by atoms with Crippen molar-refractivity contribution in [3.63, 3.8) is 0 Å². The second-order valence-corrected chi connectivity index (χ2v) is 4.51. The van der Waals surface area contributed by atoms with Crippen LogP contribution in [0.3, 0.4) is 0 Å². The maximum absolute atomic E-state index is 5.61. The van der Waals surface area contributed by atoms with E-state index in [2.05, 4.69) is 11.9 Å². The summed E-state index contributed by atoms with van der Waals surface area (Å²) in [7, 11) is 4.08. The van der Waals surface area contributed by atoms with Gasteiger partial charge in [0.2, 0.25) is 0 Å². The highest BCUT2D eigenvalue weighted by Gasteiger charge is 2.58. The molecule has 1 saturated heterocycles. The summed E-state index contributed by atoms with van der Waals surface area (Å²) in [5.74, 6) is 0. The second kappa shape index (κ2) is 2.58. The molecule has 1 fully saturated rings. The fraction of sp³-hybridized carbons (Fsp3) is 0.818. The highest BCUT2D eigenvalue weighted by Crippen LogP contribution is 2.50. The lowest BCUT2D eigenvalue weighted by Gasteiger charge is -2.23. The summed E-state index contributed by atoms with van der Waals surface area (Å²) in [6.45, 7) is 0. The highest BCUT2D eigenvalue weighted by atomic mass is 16.5. The first kappa shape index (κ1) is 8.01. The Morgan fingerprint density at radius 2 is 1.92 bits per heavy atom. The van der Waals surface area contributed by atoms with Crippen molar-refractivity contribution in [3.8, 4) is 0 Å². The van der Waals surface area contributed by atoms with E-state index in [4.69, 9.17) is 4.74 Å². The lowest BCUT2D eigenvalue weighted by molar-refractivity contribution is 0.118. The molecule has 1 heterocycles. The minimum atomic E-state index is 0.435. The van der Waals surface area contributed by atoms with E-state index in [9.17, 15) is 0 Å². The number of rotatable bonds is 1. The van der Waals surface area contributed by atoms with Gasteiger partial charge in [-0.2, -0.15) is 0 Å². The van der Waals surface area contributed by atoms with Crippen molar-refractivity contribution in [1.82, 2.24) is 4.90 Å². The van der Waals surface area contributed by atoms with Crippen molar-refractivity contribution >= 4 is 0 Å². The molecule has 0 radical (unpaired) electrons. The average molecular weight is 179 g/mol. The predicted molar refractivity (Wildman–Crippen MR) is 51.6 cm³/mol. The Morgan fingerprint density at radius 1 is 1.23 bits per heavy atom. The van der Waals surface area contributed by atoms with Gasteiger partial charge in [-0.05, 0) is 43.9 Å². The summed E-state index contributed by atoms with van der Waals surface area (Å²) >= 11 is 0. The summed E-state index contributed by atoms with van der Waals surface area (Å²) in [5, 5.41) is 0. The van der Waals surface area contributed by atoms with Gasteiger partial charge in [-0.25, -0.2) is 0 Å². The molecule has 2 heteroatoms. The SMILES string of the molecule is CO[C@H]1C2=C(CCCC2)[C@H]2[C@@H]1N2C. The summed E-state index contributed by atoms with van der Waals surface area (Å²) in [4.78, 5) is 2.46. The van der Waals surface area contributed by atoms with E-state index in [-0.39, 0.29) is 0 Å². The number of hydrogen-bond acceptors (Lipinski definition) is 2. The number of fused-ring (bicyclic) bond motifs is 2. The molecular formula is C11H17NO. The molecular weight excluding hydrogens is 162 g/mol. The van der Waals surface area contributed by atoms with E-state index in [1.807, 2.05) is 7.11 Å². The lowest BCUT2D eigenvalue weighted by atomic mass is 9.92. The smallest absolute Gasteiger partial charge is 0.0958 e. The first-order valence-electron chi connectivity index (χ1n) is 5.31. The zero-order chi connectivity index (χ0) is 9.00. The molecule has 0 bridgehead atoms. The van der Waals surface area contributed by atoms with E-state index in [0.717, 1.165) is 6.04 Å². The van der Waals surface area contributed by atoms with Gasteiger partial charge in [0, 0.05) is 13.2 Å². The molecule has 0 amide bonds. The molecule has 2 nitrogen and oxygen atoms in total. The van der Waals surface area contributed by atoms with E-state index in [0.29, 0.717) is 12.1 Å². The van der Waals surface area contributed by atoms with Gasteiger partial charge in [0.1, 0.15) is 0 Å². The van der Waals surface area contributed by atoms with Crippen molar-refractivity contribution < 1.29 is 4.74 Å². The van der Waals surface area contributed by atoms with Gasteiger partial charge >= 0.3 is 0 Å². The lowest BCUT2D eigenvalue weighted by Crippen LogP contribution is -2.23. The average Bonchev–Trinajstić information content (AvgIpc) is 2.71. The fourth-order valence-electron chi connectivity index (χ4n) is 3.30. The van der Waals surface area contributed by atoms with Crippen LogP contribution in [-0.2, 0) is 4.74 Å². The van der Waals surface area contributed by atoms with Crippen LogP contribution in [0.25, 0.3) is 0 Å². The molecule has 13 heavy (non-hydrogen) atoms. The van der Waals surface area contributed by atoms with Crippen LogP contribution >= 0.6 is 0 Å². The van der Waals surface area contributed by atoms with Gasteiger partial charge < -0.3 is 4.74 Å². The molecule has 0 saturated carbocycles. The Bertz CT molecular complexity index is 263. The zero-order valence-corrected chi connectivity index (χ0v) is 8.42. The molecule has 0 N–H and O–H groups in total. The molecule has 0 spiro atoms. The minimum Gasteiger partial charge on any atom is -0.375 e. The number of methoxy groups -OCH3 is 1. The van der Waals surface area contributed by atoms with Gasteiger partial charge in [-0.3, -0.25) is 4.90 Å². The third-order valence-electron chi connectivity index (χ3n) is 3.96. The number of ether oxygens (including phenoxy) is 1. The highest BCUT2D eigenvalue weighted by molar-refractivity contribution is 5.43. The van der Waals surface area contributed by atoms with Crippen LogP contribution in [0.5, 0.6) is 0 Å². The fourth-order valence-corrected chi connectivity index (χ4v) is 3.30. The Morgan fingerprint density at radius 3 is 2.62 bits per heavy atom. The third-order valence-corrected chi connectivity index (χ3v) is 3.96. The number of nitrogens with zero attached hydrogens (tertiary/aromatic N) is 1. The van der Waals surface area contributed by atoms with Gasteiger partial charge in [-0.15, -0.1) is 0 Å². The van der Waals surface area contributed by atoms with E-state index in [1.54, 1.807) is 11.1 Å². The molecule has 3 aliphatic rings. The van der Waals surface area contributed by atoms with Crippen molar-refractivity contribution in [3.05, 3.63) is 11.1 Å². The van der Waals surface area contributed by atoms with Crippen molar-refractivity contribution in [2.45, 2.75) is 43.9 Å². The molecule has 0 aromatic carbocycles. The van der Waals surface area contributed by atoms with Crippen LogP contribution in [0.1, 0.15) is 25.7 Å². The van der Waals surface area contributed by atoms with E-state index in [1.165, 1.54) is 25.7 Å². The van der Waals surface area contributed by atoms with Gasteiger partial charge in [0.05, 0.1) is 12.1 Å². The molecule has 1 unspecified atom stereocenters. The van der Waals surface area contributed by atoms with Crippen LogP contribution in [0.2, 0.25) is 0 Å². The van der Waals surface area contributed by atoms with Crippen LogP contribution in [0, 0.1) is 0 Å². The summed E-state index contributed by atoms with van der Waals surface area (Å²) in [6.07, 6.45) is 5.84. The second-order valence-electron chi connectivity index (χ2n) is 4.51. The third kappa shape index (κ3) is 0.906. The molecule has 0 aromatic heterocycles. The van der Waals surface area contributed by atoms with Gasteiger partial charge in [0.15, 0.2) is 0 Å². The van der Waals surface area contributed by atoms with E-state index >= 15 is 0 Å². The quantitative estimate of drug-likeness (QED) is 0.447. The maximum atomic E-state index is 5.61. The summed E-state index contributed by atoms with van der Waals surface area (Å²) < 4.78 is 5.61. The van der Waals surface area contributed by atoms with Crippen molar-refractivity contribution in [1.29, 1.82) is 0 Å². The number of likely N-dealkylation sites (N-methyl/N-ethyl adjacent to an activating group) is 1. The monoisotopic (exact) mass is 179 g/mol. The number of hydrogen-bond donors (Lipinski definition) is 0. The summed E-state index contributed by atoms with van der Waals surface area (Å²) in [6, 6.07) is 1.47.